The number of aliphatic hydroxyl groups is 1. The first kappa shape index (κ1) is 16.4. The molecule has 1 rings (SSSR count). The molecule has 1 atom stereocenters. The molecule has 0 bridgehead atoms. The summed E-state index contributed by atoms with van der Waals surface area (Å²) in [6.07, 6.45) is 6.66. The van der Waals surface area contributed by atoms with Gasteiger partial charge >= 0.3 is 5.97 Å². The van der Waals surface area contributed by atoms with Crippen molar-refractivity contribution in [3.05, 3.63) is 0 Å². The predicted octanol–water partition coefficient (Wildman–Crippen LogP) is 2.20. The Bertz CT molecular complexity index is 252. The van der Waals surface area contributed by atoms with E-state index in [0.717, 1.165) is 19.4 Å². The molecule has 1 N–H and O–H groups in total. The summed E-state index contributed by atoms with van der Waals surface area (Å²) in [6.45, 7) is 6.04. The third-order valence-electron chi connectivity index (χ3n) is 3.75. The van der Waals surface area contributed by atoms with Crippen molar-refractivity contribution in [2.24, 2.45) is 5.92 Å². The highest BCUT2D eigenvalue weighted by atomic mass is 16.5. The van der Waals surface area contributed by atoms with Crippen LogP contribution in [-0.4, -0.2) is 48.3 Å². The second-order valence-electron chi connectivity index (χ2n) is 5.58. The van der Waals surface area contributed by atoms with Gasteiger partial charge in [-0.2, -0.15) is 0 Å². The molecule has 112 valence electrons. The van der Waals surface area contributed by atoms with E-state index in [4.69, 9.17) is 4.74 Å². The first-order valence-electron chi connectivity index (χ1n) is 7.71. The Balaban J connectivity index is 2.31. The van der Waals surface area contributed by atoms with Gasteiger partial charge in [0.2, 0.25) is 0 Å². The fourth-order valence-electron chi connectivity index (χ4n) is 2.94. The van der Waals surface area contributed by atoms with Crippen molar-refractivity contribution in [3.8, 4) is 0 Å². The van der Waals surface area contributed by atoms with E-state index >= 15 is 0 Å². The molecular weight excluding hydrogens is 242 g/mol. The molecule has 1 fully saturated rings. The first-order valence-corrected chi connectivity index (χ1v) is 7.71. The summed E-state index contributed by atoms with van der Waals surface area (Å²) in [7, 11) is 0. The lowest BCUT2D eigenvalue weighted by molar-refractivity contribution is -0.144. The lowest BCUT2D eigenvalue weighted by atomic mass is 10.00. The zero-order chi connectivity index (χ0) is 14.1. The van der Waals surface area contributed by atoms with Crippen molar-refractivity contribution in [1.29, 1.82) is 0 Å². The van der Waals surface area contributed by atoms with Crippen LogP contribution in [0.15, 0.2) is 0 Å². The largest absolute Gasteiger partial charge is 0.465 e. The van der Waals surface area contributed by atoms with E-state index in [1.807, 2.05) is 11.8 Å². The smallest absolute Gasteiger partial charge is 0.320 e. The Kier molecular flexibility index (Phi) is 8.07. The quantitative estimate of drug-likeness (QED) is 0.653. The molecule has 1 saturated carbocycles. The average molecular weight is 271 g/mol. The number of nitrogens with zero attached hydrogens (tertiary/aromatic N) is 1. The number of carbonyl (C=O) groups excluding carboxylic acids is 1. The fourth-order valence-corrected chi connectivity index (χ4v) is 2.94. The van der Waals surface area contributed by atoms with Gasteiger partial charge in [0.25, 0.3) is 0 Å². The fraction of sp³-hybridized carbons (Fsp3) is 0.933. The highest BCUT2D eigenvalue weighted by Crippen LogP contribution is 2.28. The Labute approximate surface area is 117 Å². The minimum atomic E-state index is -0.316. The topological polar surface area (TPSA) is 49.8 Å². The normalized spacial score (nSPS) is 17.9. The maximum absolute atomic E-state index is 11.5. The maximum Gasteiger partial charge on any atom is 0.320 e. The number of carbonyl (C=O) groups is 1. The number of rotatable bonds is 9. The molecule has 1 aliphatic rings. The van der Waals surface area contributed by atoms with Crippen LogP contribution in [0.3, 0.4) is 0 Å². The highest BCUT2D eigenvalue weighted by molar-refractivity contribution is 5.71. The van der Waals surface area contributed by atoms with E-state index in [2.05, 4.69) is 6.92 Å². The minimum Gasteiger partial charge on any atom is -0.465 e. The molecule has 0 saturated heterocycles. The number of hydrogen-bond acceptors (Lipinski definition) is 4. The number of hydrogen-bond donors (Lipinski definition) is 1. The van der Waals surface area contributed by atoms with E-state index in [9.17, 15) is 9.90 Å². The van der Waals surface area contributed by atoms with Crippen molar-refractivity contribution in [2.45, 2.75) is 58.5 Å². The van der Waals surface area contributed by atoms with Crippen LogP contribution in [0.1, 0.15) is 52.4 Å². The Morgan fingerprint density at radius 2 is 2.05 bits per heavy atom. The molecule has 0 aliphatic heterocycles. The monoisotopic (exact) mass is 271 g/mol. The maximum atomic E-state index is 11.5. The molecule has 19 heavy (non-hydrogen) atoms. The molecule has 0 amide bonds. The van der Waals surface area contributed by atoms with E-state index in [1.54, 1.807) is 0 Å². The predicted molar refractivity (Wildman–Crippen MR) is 75.9 cm³/mol. The lowest BCUT2D eigenvalue weighted by Gasteiger charge is -2.25. The summed E-state index contributed by atoms with van der Waals surface area (Å²) in [4.78, 5) is 13.5. The third kappa shape index (κ3) is 6.92. The van der Waals surface area contributed by atoms with Crippen LogP contribution in [0.2, 0.25) is 0 Å². The molecule has 1 aliphatic carbocycles. The summed E-state index contributed by atoms with van der Waals surface area (Å²) in [5.41, 5.74) is 0. The van der Waals surface area contributed by atoms with Gasteiger partial charge < -0.3 is 9.84 Å². The van der Waals surface area contributed by atoms with Crippen LogP contribution in [0, 0.1) is 5.92 Å². The Morgan fingerprint density at radius 3 is 2.63 bits per heavy atom. The lowest BCUT2D eigenvalue weighted by Crippen LogP contribution is -2.38. The molecule has 1 unspecified atom stereocenters. The van der Waals surface area contributed by atoms with Crippen molar-refractivity contribution < 1.29 is 14.6 Å². The summed E-state index contributed by atoms with van der Waals surface area (Å²) < 4.78 is 4.97. The second-order valence-corrected chi connectivity index (χ2v) is 5.58. The molecule has 0 aromatic heterocycles. The van der Waals surface area contributed by atoms with Crippen LogP contribution in [0.4, 0.5) is 0 Å². The Morgan fingerprint density at radius 1 is 1.37 bits per heavy atom. The summed E-state index contributed by atoms with van der Waals surface area (Å²) >= 11 is 0. The molecule has 0 spiro atoms. The number of aliphatic hydroxyl groups excluding tert-OH is 1. The minimum absolute atomic E-state index is 0.191. The van der Waals surface area contributed by atoms with Crippen LogP contribution < -0.4 is 0 Å². The van der Waals surface area contributed by atoms with Crippen molar-refractivity contribution >= 4 is 5.97 Å². The summed E-state index contributed by atoms with van der Waals surface area (Å²) in [6, 6.07) is 0. The molecule has 4 heteroatoms. The zero-order valence-corrected chi connectivity index (χ0v) is 12.4. The highest BCUT2D eigenvalue weighted by Gasteiger charge is 2.21. The van der Waals surface area contributed by atoms with Crippen LogP contribution in [-0.2, 0) is 9.53 Å². The van der Waals surface area contributed by atoms with Crippen LogP contribution in [0.25, 0.3) is 0 Å². The van der Waals surface area contributed by atoms with E-state index < -0.39 is 0 Å². The van der Waals surface area contributed by atoms with Gasteiger partial charge in [0.15, 0.2) is 0 Å². The summed E-state index contributed by atoms with van der Waals surface area (Å²) in [5, 5.41) is 10.2. The van der Waals surface area contributed by atoms with Gasteiger partial charge in [0, 0.05) is 6.54 Å². The van der Waals surface area contributed by atoms with Crippen molar-refractivity contribution in [1.82, 2.24) is 4.90 Å². The van der Waals surface area contributed by atoms with Gasteiger partial charge in [-0.25, -0.2) is 0 Å². The van der Waals surface area contributed by atoms with Gasteiger partial charge in [0.05, 0.1) is 19.3 Å². The standard InChI is InChI=1S/C15H29NO3/c1-3-9-16(12-15(18)19-4-2)11-14(17)10-13-7-5-6-8-13/h13-14,17H,3-12H2,1-2H3. The number of esters is 1. The van der Waals surface area contributed by atoms with Gasteiger partial charge in [-0.05, 0) is 32.2 Å². The van der Waals surface area contributed by atoms with Crippen molar-refractivity contribution in [3.63, 3.8) is 0 Å². The van der Waals surface area contributed by atoms with E-state index in [0.29, 0.717) is 25.6 Å². The van der Waals surface area contributed by atoms with Crippen molar-refractivity contribution in [2.75, 3.05) is 26.2 Å². The van der Waals surface area contributed by atoms with Crippen LogP contribution >= 0.6 is 0 Å². The van der Waals surface area contributed by atoms with Gasteiger partial charge in [0.1, 0.15) is 0 Å². The molecule has 4 nitrogen and oxygen atoms in total. The van der Waals surface area contributed by atoms with Gasteiger partial charge in [-0.15, -0.1) is 0 Å². The van der Waals surface area contributed by atoms with Crippen LogP contribution in [0.5, 0.6) is 0 Å². The Hall–Kier alpha value is -0.610. The molecule has 0 aromatic carbocycles. The summed E-state index contributed by atoms with van der Waals surface area (Å²) in [5.74, 6) is 0.491. The first-order chi connectivity index (χ1) is 9.15. The zero-order valence-electron chi connectivity index (χ0n) is 12.4. The molecule has 0 aromatic rings. The average Bonchev–Trinajstić information content (AvgIpc) is 2.82. The third-order valence-corrected chi connectivity index (χ3v) is 3.75. The SMILES string of the molecule is CCCN(CC(=O)OCC)CC(O)CC1CCCC1. The van der Waals surface area contributed by atoms with E-state index in [1.165, 1.54) is 25.7 Å². The van der Waals surface area contributed by atoms with Gasteiger partial charge in [-0.1, -0.05) is 32.6 Å². The molecule has 0 radical (unpaired) electrons. The molecule has 0 heterocycles. The number of ether oxygens (including phenoxy) is 1. The second kappa shape index (κ2) is 9.32. The van der Waals surface area contributed by atoms with Gasteiger partial charge in [-0.3, -0.25) is 9.69 Å². The molecular formula is C15H29NO3. The van der Waals surface area contributed by atoms with E-state index in [-0.39, 0.29) is 12.1 Å².